The fraction of sp³-hybridized carbons (Fsp3) is 0.583. The van der Waals surface area contributed by atoms with E-state index < -0.39 is 0 Å². The zero-order chi connectivity index (χ0) is 12.0. The molecule has 1 aromatic heterocycles. The molecule has 1 atom stereocenters. The van der Waals surface area contributed by atoms with Crippen LogP contribution >= 0.6 is 0 Å². The number of nitrogens with one attached hydrogen (secondary N) is 1. The summed E-state index contributed by atoms with van der Waals surface area (Å²) in [6.45, 7) is 7.03. The third kappa shape index (κ3) is 3.47. The monoisotopic (exact) mass is 223 g/mol. The van der Waals surface area contributed by atoms with Crippen LogP contribution in [0, 0.1) is 5.92 Å². The molecular weight excluding hydrogens is 202 g/mol. The van der Waals surface area contributed by atoms with Crippen LogP contribution < -0.4 is 16.0 Å². The SMILES string of the molecule is CCCOc1cncc(C(NN)C(C)C)c1. The van der Waals surface area contributed by atoms with Gasteiger partial charge in [0.05, 0.1) is 12.8 Å². The zero-order valence-corrected chi connectivity index (χ0v) is 10.2. The summed E-state index contributed by atoms with van der Waals surface area (Å²) in [5, 5.41) is 0. The first kappa shape index (κ1) is 12.9. The molecule has 0 spiro atoms. The molecule has 0 saturated carbocycles. The Labute approximate surface area is 97.2 Å². The van der Waals surface area contributed by atoms with Crippen molar-refractivity contribution in [3.8, 4) is 5.75 Å². The van der Waals surface area contributed by atoms with Crippen molar-refractivity contribution in [1.82, 2.24) is 10.4 Å². The van der Waals surface area contributed by atoms with Crippen LogP contribution in [-0.4, -0.2) is 11.6 Å². The van der Waals surface area contributed by atoms with E-state index in [9.17, 15) is 0 Å². The number of hydrazine groups is 1. The van der Waals surface area contributed by atoms with Gasteiger partial charge in [-0.25, -0.2) is 0 Å². The summed E-state index contributed by atoms with van der Waals surface area (Å²) in [5.41, 5.74) is 3.87. The minimum atomic E-state index is 0.109. The molecule has 4 nitrogen and oxygen atoms in total. The molecule has 0 aliphatic heterocycles. The molecule has 4 heteroatoms. The number of rotatable bonds is 6. The van der Waals surface area contributed by atoms with Gasteiger partial charge in [0.2, 0.25) is 0 Å². The lowest BCUT2D eigenvalue weighted by molar-refractivity contribution is 0.314. The Morgan fingerprint density at radius 1 is 1.44 bits per heavy atom. The van der Waals surface area contributed by atoms with Gasteiger partial charge >= 0.3 is 0 Å². The average molecular weight is 223 g/mol. The number of hydrogen-bond acceptors (Lipinski definition) is 4. The molecule has 0 bridgehead atoms. The van der Waals surface area contributed by atoms with E-state index in [1.807, 2.05) is 12.3 Å². The molecule has 1 rings (SSSR count). The Bertz CT molecular complexity index is 315. The first-order valence-corrected chi connectivity index (χ1v) is 5.73. The van der Waals surface area contributed by atoms with Crippen molar-refractivity contribution in [3.63, 3.8) is 0 Å². The Morgan fingerprint density at radius 3 is 2.75 bits per heavy atom. The minimum Gasteiger partial charge on any atom is -0.492 e. The highest BCUT2D eigenvalue weighted by Crippen LogP contribution is 2.23. The van der Waals surface area contributed by atoms with E-state index in [0.29, 0.717) is 12.5 Å². The number of ether oxygens (including phenoxy) is 1. The lowest BCUT2D eigenvalue weighted by atomic mass is 9.98. The summed E-state index contributed by atoms with van der Waals surface area (Å²) in [6.07, 6.45) is 4.55. The smallest absolute Gasteiger partial charge is 0.137 e. The van der Waals surface area contributed by atoms with E-state index in [2.05, 4.69) is 31.2 Å². The second-order valence-corrected chi connectivity index (χ2v) is 4.19. The molecule has 1 unspecified atom stereocenters. The van der Waals surface area contributed by atoms with Crippen molar-refractivity contribution in [2.45, 2.75) is 33.2 Å². The van der Waals surface area contributed by atoms with Gasteiger partial charge in [-0.15, -0.1) is 0 Å². The van der Waals surface area contributed by atoms with Crippen LogP contribution in [0.5, 0.6) is 5.75 Å². The van der Waals surface area contributed by atoms with Gasteiger partial charge in [-0.3, -0.25) is 16.3 Å². The second kappa shape index (κ2) is 6.45. The standard InChI is InChI=1S/C12H21N3O/c1-4-5-16-11-6-10(7-14-8-11)12(15-13)9(2)3/h6-9,12,15H,4-5,13H2,1-3H3. The Balaban J connectivity index is 2.79. The van der Waals surface area contributed by atoms with Gasteiger partial charge < -0.3 is 4.74 Å². The first-order chi connectivity index (χ1) is 7.69. The number of nitrogens with zero attached hydrogens (tertiary/aromatic N) is 1. The van der Waals surface area contributed by atoms with Crippen LogP contribution in [0.1, 0.15) is 38.8 Å². The largest absolute Gasteiger partial charge is 0.492 e. The zero-order valence-electron chi connectivity index (χ0n) is 10.2. The molecule has 0 fully saturated rings. The van der Waals surface area contributed by atoms with Gasteiger partial charge in [0.25, 0.3) is 0 Å². The van der Waals surface area contributed by atoms with Crippen LogP contribution in [0.3, 0.4) is 0 Å². The molecular formula is C12H21N3O. The number of pyridine rings is 1. The highest BCUT2D eigenvalue weighted by molar-refractivity contribution is 5.26. The molecule has 1 heterocycles. The molecule has 1 aromatic rings. The molecule has 16 heavy (non-hydrogen) atoms. The van der Waals surface area contributed by atoms with Crippen LogP contribution in [0.25, 0.3) is 0 Å². The second-order valence-electron chi connectivity index (χ2n) is 4.19. The van der Waals surface area contributed by atoms with Gasteiger partial charge in [0.15, 0.2) is 0 Å². The summed E-state index contributed by atoms with van der Waals surface area (Å²) in [5.74, 6) is 6.75. The summed E-state index contributed by atoms with van der Waals surface area (Å²) in [6, 6.07) is 2.10. The molecule has 0 aliphatic carbocycles. The van der Waals surface area contributed by atoms with E-state index in [4.69, 9.17) is 10.6 Å². The Morgan fingerprint density at radius 2 is 2.19 bits per heavy atom. The summed E-state index contributed by atoms with van der Waals surface area (Å²) >= 11 is 0. The van der Waals surface area contributed by atoms with Crippen LogP contribution in [0.2, 0.25) is 0 Å². The molecule has 90 valence electrons. The van der Waals surface area contributed by atoms with Gasteiger partial charge in [-0.1, -0.05) is 20.8 Å². The van der Waals surface area contributed by atoms with Gasteiger partial charge in [0, 0.05) is 12.2 Å². The summed E-state index contributed by atoms with van der Waals surface area (Å²) in [7, 11) is 0. The number of nitrogens with two attached hydrogens (primary N) is 1. The molecule has 0 radical (unpaired) electrons. The van der Waals surface area contributed by atoms with Gasteiger partial charge in [0.1, 0.15) is 5.75 Å². The molecule has 0 amide bonds. The number of hydrogen-bond donors (Lipinski definition) is 2. The average Bonchev–Trinajstić information content (AvgIpc) is 2.27. The van der Waals surface area contributed by atoms with Gasteiger partial charge in [-0.2, -0.15) is 0 Å². The van der Waals surface area contributed by atoms with Crippen molar-refractivity contribution in [1.29, 1.82) is 0 Å². The quantitative estimate of drug-likeness (QED) is 0.572. The highest BCUT2D eigenvalue weighted by Gasteiger charge is 2.14. The predicted molar refractivity (Wildman–Crippen MR) is 64.9 cm³/mol. The predicted octanol–water partition coefficient (Wildman–Crippen LogP) is 2.03. The Hall–Kier alpha value is -1.13. The van der Waals surface area contributed by atoms with Crippen molar-refractivity contribution >= 4 is 0 Å². The lowest BCUT2D eigenvalue weighted by Gasteiger charge is -2.20. The third-order valence-corrected chi connectivity index (χ3v) is 2.41. The van der Waals surface area contributed by atoms with E-state index >= 15 is 0 Å². The van der Waals surface area contributed by atoms with E-state index in [-0.39, 0.29) is 6.04 Å². The maximum absolute atomic E-state index is 5.54. The van der Waals surface area contributed by atoms with E-state index in [1.54, 1.807) is 6.20 Å². The fourth-order valence-corrected chi connectivity index (χ4v) is 1.58. The normalized spacial score (nSPS) is 12.8. The fourth-order valence-electron chi connectivity index (χ4n) is 1.58. The van der Waals surface area contributed by atoms with Crippen LogP contribution in [0.15, 0.2) is 18.5 Å². The molecule has 0 aliphatic rings. The maximum Gasteiger partial charge on any atom is 0.137 e. The van der Waals surface area contributed by atoms with E-state index in [1.165, 1.54) is 0 Å². The van der Waals surface area contributed by atoms with Gasteiger partial charge in [-0.05, 0) is 24.0 Å². The van der Waals surface area contributed by atoms with Crippen LogP contribution in [0.4, 0.5) is 0 Å². The Kier molecular flexibility index (Phi) is 5.22. The van der Waals surface area contributed by atoms with E-state index in [0.717, 1.165) is 17.7 Å². The van der Waals surface area contributed by atoms with Crippen molar-refractivity contribution in [2.75, 3.05) is 6.61 Å². The minimum absolute atomic E-state index is 0.109. The topological polar surface area (TPSA) is 60.2 Å². The van der Waals surface area contributed by atoms with Crippen molar-refractivity contribution in [3.05, 3.63) is 24.0 Å². The molecule has 3 N–H and O–H groups in total. The van der Waals surface area contributed by atoms with Crippen LogP contribution in [-0.2, 0) is 0 Å². The van der Waals surface area contributed by atoms with Crippen molar-refractivity contribution in [2.24, 2.45) is 11.8 Å². The first-order valence-electron chi connectivity index (χ1n) is 5.73. The van der Waals surface area contributed by atoms with Crippen molar-refractivity contribution < 1.29 is 4.74 Å². The lowest BCUT2D eigenvalue weighted by Crippen LogP contribution is -2.31. The summed E-state index contributed by atoms with van der Waals surface area (Å²) < 4.78 is 5.54. The summed E-state index contributed by atoms with van der Waals surface area (Å²) in [4.78, 5) is 4.17. The number of aromatic nitrogens is 1. The maximum atomic E-state index is 5.54. The highest BCUT2D eigenvalue weighted by atomic mass is 16.5. The third-order valence-electron chi connectivity index (χ3n) is 2.41. The molecule has 0 saturated heterocycles. The molecule has 0 aromatic carbocycles.